The SMILES string of the molecule is Cc1ccc([C@H]2Oc3ccccc3C[C@@H]2O)cc1. The first kappa shape index (κ1) is 11.3. The Bertz CT molecular complexity index is 545. The van der Waals surface area contributed by atoms with Gasteiger partial charge in [0.25, 0.3) is 0 Å². The van der Waals surface area contributed by atoms with E-state index in [4.69, 9.17) is 4.74 Å². The average molecular weight is 240 g/mol. The van der Waals surface area contributed by atoms with Crippen LogP contribution in [0, 0.1) is 6.92 Å². The minimum atomic E-state index is -0.484. The Morgan fingerprint density at radius 2 is 1.78 bits per heavy atom. The number of ether oxygens (including phenoxy) is 1. The van der Waals surface area contributed by atoms with Crippen molar-refractivity contribution < 1.29 is 9.84 Å². The Balaban J connectivity index is 1.93. The van der Waals surface area contributed by atoms with Gasteiger partial charge in [0.1, 0.15) is 11.9 Å². The van der Waals surface area contributed by atoms with Crippen molar-refractivity contribution in [3.8, 4) is 5.75 Å². The van der Waals surface area contributed by atoms with Crippen molar-refractivity contribution in [3.63, 3.8) is 0 Å². The van der Waals surface area contributed by atoms with Gasteiger partial charge in [-0.05, 0) is 24.1 Å². The lowest BCUT2D eigenvalue weighted by Crippen LogP contribution is -2.30. The topological polar surface area (TPSA) is 29.5 Å². The van der Waals surface area contributed by atoms with E-state index >= 15 is 0 Å². The van der Waals surface area contributed by atoms with E-state index < -0.39 is 6.10 Å². The number of aliphatic hydroxyl groups excluding tert-OH is 1. The lowest BCUT2D eigenvalue weighted by atomic mass is 9.94. The predicted molar refractivity (Wildman–Crippen MR) is 70.7 cm³/mol. The van der Waals surface area contributed by atoms with E-state index in [0.29, 0.717) is 6.42 Å². The Hall–Kier alpha value is -1.80. The van der Waals surface area contributed by atoms with Crippen LogP contribution in [0.1, 0.15) is 22.8 Å². The molecule has 18 heavy (non-hydrogen) atoms. The van der Waals surface area contributed by atoms with E-state index in [0.717, 1.165) is 16.9 Å². The Labute approximate surface area is 107 Å². The van der Waals surface area contributed by atoms with E-state index in [1.807, 2.05) is 48.5 Å². The number of aryl methyl sites for hydroxylation is 1. The van der Waals surface area contributed by atoms with Crippen molar-refractivity contribution in [2.75, 3.05) is 0 Å². The first-order valence-electron chi connectivity index (χ1n) is 6.23. The van der Waals surface area contributed by atoms with Crippen LogP contribution >= 0.6 is 0 Å². The third kappa shape index (κ3) is 2.00. The molecule has 0 spiro atoms. The first-order chi connectivity index (χ1) is 8.74. The van der Waals surface area contributed by atoms with Crippen LogP contribution in [0.5, 0.6) is 5.75 Å². The van der Waals surface area contributed by atoms with Gasteiger partial charge in [0, 0.05) is 6.42 Å². The van der Waals surface area contributed by atoms with Gasteiger partial charge in [-0.3, -0.25) is 0 Å². The van der Waals surface area contributed by atoms with Gasteiger partial charge in [0.05, 0.1) is 6.10 Å². The molecule has 2 heteroatoms. The van der Waals surface area contributed by atoms with Crippen molar-refractivity contribution in [1.82, 2.24) is 0 Å². The largest absolute Gasteiger partial charge is 0.483 e. The summed E-state index contributed by atoms with van der Waals surface area (Å²) in [5.41, 5.74) is 3.32. The second-order valence-electron chi connectivity index (χ2n) is 4.83. The number of fused-ring (bicyclic) bond motifs is 1. The van der Waals surface area contributed by atoms with Crippen LogP contribution < -0.4 is 4.74 Å². The highest BCUT2D eigenvalue weighted by Gasteiger charge is 2.29. The molecule has 0 fully saturated rings. The van der Waals surface area contributed by atoms with Gasteiger partial charge in [-0.15, -0.1) is 0 Å². The summed E-state index contributed by atoms with van der Waals surface area (Å²) in [5.74, 6) is 0.883. The molecule has 0 radical (unpaired) electrons. The zero-order valence-electron chi connectivity index (χ0n) is 10.3. The molecule has 0 saturated carbocycles. The summed E-state index contributed by atoms with van der Waals surface area (Å²) in [6, 6.07) is 16.0. The lowest BCUT2D eigenvalue weighted by molar-refractivity contribution is 0.0208. The smallest absolute Gasteiger partial charge is 0.150 e. The van der Waals surface area contributed by atoms with Gasteiger partial charge in [0.2, 0.25) is 0 Å². The molecule has 1 heterocycles. The highest BCUT2D eigenvalue weighted by atomic mass is 16.5. The van der Waals surface area contributed by atoms with Gasteiger partial charge in [-0.25, -0.2) is 0 Å². The van der Waals surface area contributed by atoms with E-state index in [1.165, 1.54) is 5.56 Å². The van der Waals surface area contributed by atoms with E-state index in [1.54, 1.807) is 0 Å². The highest BCUT2D eigenvalue weighted by molar-refractivity contribution is 5.38. The molecule has 0 bridgehead atoms. The maximum absolute atomic E-state index is 10.2. The van der Waals surface area contributed by atoms with Crippen LogP contribution in [0.15, 0.2) is 48.5 Å². The number of benzene rings is 2. The maximum Gasteiger partial charge on any atom is 0.150 e. The molecule has 2 aromatic carbocycles. The molecule has 92 valence electrons. The van der Waals surface area contributed by atoms with Crippen LogP contribution in [0.4, 0.5) is 0 Å². The molecule has 0 aliphatic carbocycles. The van der Waals surface area contributed by atoms with Crippen LogP contribution in [0.2, 0.25) is 0 Å². The van der Waals surface area contributed by atoms with E-state index in [-0.39, 0.29) is 6.10 Å². The number of para-hydroxylation sites is 1. The lowest BCUT2D eigenvalue weighted by Gasteiger charge is -2.30. The van der Waals surface area contributed by atoms with E-state index in [9.17, 15) is 5.11 Å². The van der Waals surface area contributed by atoms with Crippen LogP contribution in [0.3, 0.4) is 0 Å². The van der Waals surface area contributed by atoms with Gasteiger partial charge < -0.3 is 9.84 Å². The zero-order valence-corrected chi connectivity index (χ0v) is 10.3. The molecule has 1 aliphatic rings. The predicted octanol–water partition coefficient (Wildman–Crippen LogP) is 3.03. The van der Waals surface area contributed by atoms with Gasteiger partial charge in [-0.1, -0.05) is 48.0 Å². The van der Waals surface area contributed by atoms with Crippen LogP contribution in [-0.2, 0) is 6.42 Å². The van der Waals surface area contributed by atoms with Crippen molar-refractivity contribution >= 4 is 0 Å². The van der Waals surface area contributed by atoms with Crippen LogP contribution in [-0.4, -0.2) is 11.2 Å². The second kappa shape index (κ2) is 4.46. The minimum Gasteiger partial charge on any atom is -0.483 e. The van der Waals surface area contributed by atoms with Gasteiger partial charge in [0.15, 0.2) is 0 Å². The molecule has 1 aliphatic heterocycles. The molecule has 1 N–H and O–H groups in total. The average Bonchev–Trinajstić information content (AvgIpc) is 2.39. The van der Waals surface area contributed by atoms with E-state index in [2.05, 4.69) is 6.92 Å². The van der Waals surface area contributed by atoms with Gasteiger partial charge in [-0.2, -0.15) is 0 Å². The Morgan fingerprint density at radius 1 is 1.06 bits per heavy atom. The molecule has 2 atom stereocenters. The summed E-state index contributed by atoms with van der Waals surface area (Å²) >= 11 is 0. The summed E-state index contributed by atoms with van der Waals surface area (Å²) < 4.78 is 5.92. The van der Waals surface area contributed by atoms with Crippen molar-refractivity contribution in [2.24, 2.45) is 0 Å². The van der Waals surface area contributed by atoms with Crippen molar-refractivity contribution in [2.45, 2.75) is 25.6 Å². The van der Waals surface area contributed by atoms with Crippen LogP contribution in [0.25, 0.3) is 0 Å². The molecule has 0 saturated heterocycles. The third-order valence-corrected chi connectivity index (χ3v) is 3.41. The summed E-state index contributed by atoms with van der Waals surface area (Å²) in [6.07, 6.45) is -0.0996. The van der Waals surface area contributed by atoms with Crippen molar-refractivity contribution in [3.05, 3.63) is 65.2 Å². The molecule has 2 aromatic rings. The fourth-order valence-corrected chi connectivity index (χ4v) is 2.38. The fourth-order valence-electron chi connectivity index (χ4n) is 2.38. The molecular weight excluding hydrogens is 224 g/mol. The standard InChI is InChI=1S/C16H16O2/c1-11-6-8-12(9-7-11)16-14(17)10-13-4-2-3-5-15(13)18-16/h2-9,14,16-17H,10H2,1H3/t14-,16+/m0/s1. The van der Waals surface area contributed by atoms with Gasteiger partial charge >= 0.3 is 0 Å². The summed E-state index contributed by atoms with van der Waals surface area (Å²) in [5, 5.41) is 10.2. The highest BCUT2D eigenvalue weighted by Crippen LogP contribution is 2.34. The fraction of sp³-hybridized carbons (Fsp3) is 0.250. The number of hydrogen-bond donors (Lipinski definition) is 1. The normalized spacial score (nSPS) is 22.1. The molecular formula is C16H16O2. The summed E-state index contributed by atoms with van der Waals surface area (Å²) in [4.78, 5) is 0. The number of aliphatic hydroxyl groups is 1. The Kier molecular flexibility index (Phi) is 2.80. The number of rotatable bonds is 1. The first-order valence-corrected chi connectivity index (χ1v) is 6.23. The zero-order chi connectivity index (χ0) is 12.5. The molecule has 0 amide bonds. The molecule has 0 aromatic heterocycles. The maximum atomic E-state index is 10.2. The molecule has 3 rings (SSSR count). The minimum absolute atomic E-state index is 0.263. The number of hydrogen-bond acceptors (Lipinski definition) is 2. The monoisotopic (exact) mass is 240 g/mol. The second-order valence-corrected chi connectivity index (χ2v) is 4.83. The third-order valence-electron chi connectivity index (χ3n) is 3.41. The quantitative estimate of drug-likeness (QED) is 0.830. The molecule has 2 nitrogen and oxygen atoms in total. The summed E-state index contributed by atoms with van der Waals surface area (Å²) in [7, 11) is 0. The molecule has 0 unspecified atom stereocenters. The Morgan fingerprint density at radius 3 is 2.56 bits per heavy atom. The summed E-state index contributed by atoms with van der Waals surface area (Å²) in [6.45, 7) is 2.05. The van der Waals surface area contributed by atoms with Crippen molar-refractivity contribution in [1.29, 1.82) is 0 Å².